The molecule has 1 aliphatic rings. The Kier molecular flexibility index (Phi) is 3.05. The standard InChI is InChI=1S/C15H12F4N3/c1-14(10-4-2-3-5-11(10)16)8-22-7-9(15(17,18)19)6-12(22)13(20)21-14/h3-7H,8H2,1H3,(H2,20,21). The monoisotopic (exact) mass is 310 g/mol. The Morgan fingerprint density at radius 3 is 2.77 bits per heavy atom. The lowest BCUT2D eigenvalue weighted by atomic mass is 9.90. The first-order valence-corrected chi connectivity index (χ1v) is 6.50. The second-order valence-electron chi connectivity index (χ2n) is 5.42. The number of nitrogens with two attached hydrogens (primary N) is 1. The Balaban J connectivity index is 2.09. The number of nitrogens with zero attached hydrogens (tertiary/aromatic N) is 2. The smallest absolute Gasteiger partial charge is 0.382 e. The number of hydrogen-bond donors (Lipinski definition) is 1. The normalized spacial score (nSPS) is 21.4. The zero-order valence-corrected chi connectivity index (χ0v) is 11.6. The fourth-order valence-electron chi connectivity index (χ4n) is 2.67. The number of alkyl halides is 3. The predicted octanol–water partition coefficient (Wildman–Crippen LogP) is 3.08. The van der Waals surface area contributed by atoms with Gasteiger partial charge >= 0.3 is 6.18 Å². The highest BCUT2D eigenvalue weighted by molar-refractivity contribution is 5.97. The van der Waals surface area contributed by atoms with Gasteiger partial charge in [-0.2, -0.15) is 13.2 Å². The molecule has 3 rings (SSSR count). The van der Waals surface area contributed by atoms with Crippen LogP contribution < -0.4 is 5.73 Å². The van der Waals surface area contributed by atoms with E-state index in [4.69, 9.17) is 5.73 Å². The summed E-state index contributed by atoms with van der Waals surface area (Å²) in [7, 11) is 0. The van der Waals surface area contributed by atoms with E-state index in [2.05, 4.69) is 11.1 Å². The van der Waals surface area contributed by atoms with Crippen molar-refractivity contribution in [3.8, 4) is 0 Å². The van der Waals surface area contributed by atoms with E-state index in [9.17, 15) is 17.6 Å². The van der Waals surface area contributed by atoms with Crippen molar-refractivity contribution in [2.75, 3.05) is 0 Å². The molecular formula is C15H12F4N3. The predicted molar refractivity (Wildman–Crippen MR) is 72.7 cm³/mol. The van der Waals surface area contributed by atoms with Gasteiger partial charge in [-0.15, -0.1) is 0 Å². The second-order valence-corrected chi connectivity index (χ2v) is 5.42. The Hall–Kier alpha value is -2.31. The van der Waals surface area contributed by atoms with Crippen molar-refractivity contribution in [2.45, 2.75) is 25.2 Å². The van der Waals surface area contributed by atoms with Gasteiger partial charge in [0.05, 0.1) is 17.8 Å². The minimum absolute atomic E-state index is 0.0486. The van der Waals surface area contributed by atoms with Gasteiger partial charge in [-0.25, -0.2) is 4.39 Å². The zero-order valence-electron chi connectivity index (χ0n) is 11.6. The molecule has 3 nitrogen and oxygen atoms in total. The van der Waals surface area contributed by atoms with Gasteiger partial charge in [-0.05, 0) is 31.2 Å². The molecule has 1 unspecified atom stereocenters. The molecular weight excluding hydrogens is 298 g/mol. The third-order valence-electron chi connectivity index (χ3n) is 3.72. The first kappa shape index (κ1) is 14.6. The highest BCUT2D eigenvalue weighted by atomic mass is 19.4. The molecule has 0 spiro atoms. The molecule has 2 aromatic rings. The molecule has 0 saturated carbocycles. The lowest BCUT2D eigenvalue weighted by Crippen LogP contribution is -2.37. The first-order chi connectivity index (χ1) is 10.2. The van der Waals surface area contributed by atoms with Crippen LogP contribution in [0.1, 0.15) is 23.7 Å². The number of aromatic nitrogens is 1. The highest BCUT2D eigenvalue weighted by Gasteiger charge is 2.38. The largest absolute Gasteiger partial charge is 0.417 e. The van der Waals surface area contributed by atoms with Crippen molar-refractivity contribution in [3.05, 3.63) is 59.2 Å². The van der Waals surface area contributed by atoms with Gasteiger partial charge in [-0.3, -0.25) is 4.99 Å². The lowest BCUT2D eigenvalue weighted by molar-refractivity contribution is -0.137. The van der Waals surface area contributed by atoms with E-state index >= 15 is 0 Å². The van der Waals surface area contributed by atoms with Crippen molar-refractivity contribution >= 4 is 5.84 Å². The van der Waals surface area contributed by atoms with Gasteiger partial charge in [0.1, 0.15) is 17.2 Å². The molecule has 1 aromatic carbocycles. The molecule has 7 heteroatoms. The van der Waals surface area contributed by atoms with Crippen LogP contribution in [0.2, 0.25) is 0 Å². The van der Waals surface area contributed by atoms with Gasteiger partial charge in [0.15, 0.2) is 0 Å². The molecule has 115 valence electrons. The number of rotatable bonds is 1. The summed E-state index contributed by atoms with van der Waals surface area (Å²) in [6.07, 6.45) is -3.49. The van der Waals surface area contributed by atoms with Gasteiger partial charge in [0, 0.05) is 11.8 Å². The average molecular weight is 310 g/mol. The fraction of sp³-hybridized carbons (Fsp3) is 0.267. The summed E-state index contributed by atoms with van der Waals surface area (Å²) in [6, 6.07) is 7.79. The van der Waals surface area contributed by atoms with Crippen LogP contribution in [-0.2, 0) is 18.3 Å². The molecule has 0 bridgehead atoms. The fourth-order valence-corrected chi connectivity index (χ4v) is 2.67. The summed E-state index contributed by atoms with van der Waals surface area (Å²) in [5.41, 5.74) is 4.34. The summed E-state index contributed by atoms with van der Waals surface area (Å²) < 4.78 is 53.8. The van der Waals surface area contributed by atoms with Crippen LogP contribution in [-0.4, -0.2) is 10.4 Å². The minimum Gasteiger partial charge on any atom is -0.382 e. The molecule has 1 radical (unpaired) electrons. The van der Waals surface area contributed by atoms with Gasteiger partial charge < -0.3 is 10.3 Å². The van der Waals surface area contributed by atoms with Crippen molar-refractivity contribution in [1.82, 2.24) is 4.57 Å². The highest BCUT2D eigenvalue weighted by Crippen LogP contribution is 2.36. The molecule has 0 fully saturated rings. The topological polar surface area (TPSA) is 43.3 Å². The Bertz CT molecular complexity index is 760. The summed E-state index contributed by atoms with van der Waals surface area (Å²) in [4.78, 5) is 4.23. The molecule has 1 atom stereocenters. The van der Waals surface area contributed by atoms with E-state index < -0.39 is 23.1 Å². The van der Waals surface area contributed by atoms with Crippen LogP contribution >= 0.6 is 0 Å². The number of aliphatic imine (C=N–C) groups is 1. The van der Waals surface area contributed by atoms with Gasteiger partial charge in [0.25, 0.3) is 0 Å². The van der Waals surface area contributed by atoms with Crippen LogP contribution in [0.4, 0.5) is 17.6 Å². The number of halogens is 4. The van der Waals surface area contributed by atoms with Crippen molar-refractivity contribution in [3.63, 3.8) is 0 Å². The number of hydrogen-bond acceptors (Lipinski definition) is 2. The Morgan fingerprint density at radius 2 is 2.14 bits per heavy atom. The van der Waals surface area contributed by atoms with E-state index in [-0.39, 0.29) is 23.6 Å². The van der Waals surface area contributed by atoms with Gasteiger partial charge in [0.2, 0.25) is 0 Å². The molecule has 0 aliphatic carbocycles. The minimum atomic E-state index is -4.47. The molecule has 0 saturated heterocycles. The van der Waals surface area contributed by atoms with Crippen molar-refractivity contribution in [1.29, 1.82) is 0 Å². The van der Waals surface area contributed by atoms with E-state index in [1.165, 1.54) is 22.8 Å². The number of amidine groups is 1. The van der Waals surface area contributed by atoms with Crippen LogP contribution in [0.15, 0.2) is 35.5 Å². The van der Waals surface area contributed by atoms with E-state index in [1.807, 2.05) is 0 Å². The quantitative estimate of drug-likeness (QED) is 0.808. The SMILES string of the molecule is CC1(c2c[c]ccc2F)Cn2cc(C(F)(F)F)cc2C(N)=N1. The van der Waals surface area contributed by atoms with Crippen LogP contribution in [0.3, 0.4) is 0 Å². The summed E-state index contributed by atoms with van der Waals surface area (Å²) in [5, 5.41) is 0. The summed E-state index contributed by atoms with van der Waals surface area (Å²) in [5.74, 6) is -0.544. The second kappa shape index (κ2) is 4.59. The zero-order chi connectivity index (χ0) is 16.1. The van der Waals surface area contributed by atoms with Gasteiger partial charge in [-0.1, -0.05) is 6.07 Å². The molecule has 0 amide bonds. The third kappa shape index (κ3) is 2.26. The van der Waals surface area contributed by atoms with E-state index in [1.54, 1.807) is 6.92 Å². The lowest BCUT2D eigenvalue weighted by Gasteiger charge is -2.32. The summed E-state index contributed by atoms with van der Waals surface area (Å²) >= 11 is 0. The van der Waals surface area contributed by atoms with Crippen molar-refractivity contribution < 1.29 is 17.6 Å². The first-order valence-electron chi connectivity index (χ1n) is 6.50. The number of benzene rings is 1. The third-order valence-corrected chi connectivity index (χ3v) is 3.72. The number of fused-ring (bicyclic) bond motifs is 1. The molecule has 22 heavy (non-hydrogen) atoms. The molecule has 2 N–H and O–H groups in total. The van der Waals surface area contributed by atoms with Crippen molar-refractivity contribution in [2.24, 2.45) is 10.7 Å². The Morgan fingerprint density at radius 1 is 1.41 bits per heavy atom. The summed E-state index contributed by atoms with van der Waals surface area (Å²) in [6.45, 7) is 1.69. The van der Waals surface area contributed by atoms with Crippen LogP contribution in [0.5, 0.6) is 0 Å². The molecule has 2 heterocycles. The molecule has 1 aliphatic heterocycles. The maximum Gasteiger partial charge on any atom is 0.417 e. The molecule has 1 aromatic heterocycles. The van der Waals surface area contributed by atoms with Crippen LogP contribution in [0, 0.1) is 11.9 Å². The van der Waals surface area contributed by atoms with Crippen LogP contribution in [0.25, 0.3) is 0 Å². The van der Waals surface area contributed by atoms with E-state index in [0.29, 0.717) is 0 Å². The maximum atomic E-state index is 14.0. The Labute approximate surface area is 124 Å². The maximum absolute atomic E-state index is 14.0. The van der Waals surface area contributed by atoms with E-state index in [0.717, 1.165) is 12.3 Å². The average Bonchev–Trinajstić information content (AvgIpc) is 2.83.